The average Bonchev–Trinajstić information content (AvgIpc) is 2.30. The van der Waals surface area contributed by atoms with Crippen LogP contribution < -0.4 is 0 Å². The maximum atomic E-state index is 10.9. The van der Waals surface area contributed by atoms with E-state index in [1.165, 1.54) is 6.26 Å². The van der Waals surface area contributed by atoms with Gasteiger partial charge >= 0.3 is 0 Å². The van der Waals surface area contributed by atoms with Gasteiger partial charge in [-0.2, -0.15) is 11.8 Å². The number of aliphatic hydroxyl groups is 1. The molecule has 2 atom stereocenters. The molecule has 5 heteroatoms. The van der Waals surface area contributed by atoms with Crippen LogP contribution >= 0.6 is 11.8 Å². The number of hydrogen-bond acceptors (Lipinski definition) is 4. The quantitative estimate of drug-likeness (QED) is 0.796. The van der Waals surface area contributed by atoms with Crippen molar-refractivity contribution in [2.75, 3.05) is 17.8 Å². The highest BCUT2D eigenvalue weighted by Crippen LogP contribution is 2.38. The molecule has 1 saturated heterocycles. The molecule has 1 heterocycles. The molecule has 84 valence electrons. The molecule has 1 aliphatic rings. The topological polar surface area (TPSA) is 54.4 Å². The lowest BCUT2D eigenvalue weighted by atomic mass is 9.92. The summed E-state index contributed by atoms with van der Waals surface area (Å²) in [7, 11) is -2.88. The highest BCUT2D eigenvalue weighted by Gasteiger charge is 2.38. The van der Waals surface area contributed by atoms with E-state index in [-0.39, 0.29) is 11.0 Å². The minimum Gasteiger partial charge on any atom is -0.389 e. The molecule has 1 N–H and O–H groups in total. The van der Waals surface area contributed by atoms with Gasteiger partial charge in [0.2, 0.25) is 0 Å². The van der Waals surface area contributed by atoms with Crippen molar-refractivity contribution >= 4 is 21.6 Å². The summed E-state index contributed by atoms with van der Waals surface area (Å²) in [5.74, 6) is 1.17. The van der Waals surface area contributed by atoms with Gasteiger partial charge in [-0.05, 0) is 25.0 Å². The third-order valence-corrected chi connectivity index (χ3v) is 5.19. The monoisotopic (exact) mass is 238 g/mol. The third-order valence-electron chi connectivity index (χ3n) is 2.78. The van der Waals surface area contributed by atoms with Gasteiger partial charge in [-0.15, -0.1) is 0 Å². The Balaban J connectivity index is 2.37. The molecule has 0 saturated carbocycles. The normalized spacial score (nSPS) is 33.5. The first kappa shape index (κ1) is 12.3. The molecule has 0 aromatic carbocycles. The molecule has 0 radical (unpaired) electrons. The van der Waals surface area contributed by atoms with Gasteiger partial charge in [0.25, 0.3) is 0 Å². The van der Waals surface area contributed by atoms with E-state index < -0.39 is 15.4 Å². The molecule has 14 heavy (non-hydrogen) atoms. The first-order valence-electron chi connectivity index (χ1n) is 4.85. The molecule has 0 bridgehead atoms. The van der Waals surface area contributed by atoms with Crippen LogP contribution in [0.5, 0.6) is 0 Å². The zero-order valence-electron chi connectivity index (χ0n) is 8.69. The SMILES string of the molecule is CC1SCCC1(O)CCCS(C)(=O)=O. The first-order chi connectivity index (χ1) is 6.33. The maximum absolute atomic E-state index is 10.9. The molecule has 3 nitrogen and oxygen atoms in total. The molecular formula is C9H18O3S2. The van der Waals surface area contributed by atoms with Crippen LogP contribution in [0.15, 0.2) is 0 Å². The summed E-state index contributed by atoms with van der Waals surface area (Å²) in [6.45, 7) is 2.01. The van der Waals surface area contributed by atoms with E-state index in [1.54, 1.807) is 11.8 Å². The van der Waals surface area contributed by atoms with Crippen molar-refractivity contribution in [1.29, 1.82) is 0 Å². The number of hydrogen-bond donors (Lipinski definition) is 1. The lowest BCUT2D eigenvalue weighted by Crippen LogP contribution is -2.34. The van der Waals surface area contributed by atoms with E-state index >= 15 is 0 Å². The van der Waals surface area contributed by atoms with Crippen LogP contribution in [-0.2, 0) is 9.84 Å². The van der Waals surface area contributed by atoms with Crippen LogP contribution in [0.25, 0.3) is 0 Å². The molecular weight excluding hydrogens is 220 g/mol. The van der Waals surface area contributed by atoms with Crippen LogP contribution in [0.2, 0.25) is 0 Å². The van der Waals surface area contributed by atoms with Gasteiger partial charge in [0, 0.05) is 17.3 Å². The first-order valence-corrected chi connectivity index (χ1v) is 7.96. The van der Waals surface area contributed by atoms with E-state index in [2.05, 4.69) is 0 Å². The second-order valence-electron chi connectivity index (χ2n) is 4.10. The van der Waals surface area contributed by atoms with E-state index in [9.17, 15) is 13.5 Å². The Bertz CT molecular complexity index is 286. The number of sulfone groups is 1. The van der Waals surface area contributed by atoms with Gasteiger partial charge in [-0.3, -0.25) is 0 Å². The lowest BCUT2D eigenvalue weighted by Gasteiger charge is -2.26. The largest absolute Gasteiger partial charge is 0.389 e. The molecule has 0 aliphatic carbocycles. The predicted molar refractivity (Wildman–Crippen MR) is 60.4 cm³/mol. The van der Waals surface area contributed by atoms with Crippen molar-refractivity contribution in [2.24, 2.45) is 0 Å². The summed E-state index contributed by atoms with van der Waals surface area (Å²) in [4.78, 5) is 0. The maximum Gasteiger partial charge on any atom is 0.147 e. The van der Waals surface area contributed by atoms with Crippen molar-refractivity contribution in [3.05, 3.63) is 0 Å². The van der Waals surface area contributed by atoms with Crippen LogP contribution in [0.3, 0.4) is 0 Å². The van der Waals surface area contributed by atoms with Gasteiger partial charge in [0.1, 0.15) is 9.84 Å². The highest BCUT2D eigenvalue weighted by molar-refractivity contribution is 8.00. The minimum atomic E-state index is -2.88. The highest BCUT2D eigenvalue weighted by atomic mass is 32.2. The van der Waals surface area contributed by atoms with Crippen molar-refractivity contribution in [3.8, 4) is 0 Å². The summed E-state index contributed by atoms with van der Waals surface area (Å²) in [5.41, 5.74) is -0.630. The second kappa shape index (κ2) is 4.41. The summed E-state index contributed by atoms with van der Waals surface area (Å²) in [6.07, 6.45) is 3.21. The van der Waals surface area contributed by atoms with Crippen LogP contribution in [-0.4, -0.2) is 42.1 Å². The van der Waals surface area contributed by atoms with E-state index in [1.807, 2.05) is 6.92 Å². The Morgan fingerprint density at radius 1 is 1.57 bits per heavy atom. The number of rotatable bonds is 4. The summed E-state index contributed by atoms with van der Waals surface area (Å²) in [6, 6.07) is 0. The number of thioether (sulfide) groups is 1. The second-order valence-corrected chi connectivity index (χ2v) is 7.81. The Morgan fingerprint density at radius 2 is 2.21 bits per heavy atom. The Labute approximate surface area is 90.2 Å². The van der Waals surface area contributed by atoms with Crippen LogP contribution in [0.4, 0.5) is 0 Å². The van der Waals surface area contributed by atoms with Gasteiger partial charge in [0.15, 0.2) is 0 Å². The van der Waals surface area contributed by atoms with E-state index in [0.29, 0.717) is 12.8 Å². The lowest BCUT2D eigenvalue weighted by molar-refractivity contribution is 0.0367. The molecule has 1 aliphatic heterocycles. The molecule has 0 spiro atoms. The minimum absolute atomic E-state index is 0.187. The smallest absolute Gasteiger partial charge is 0.147 e. The Morgan fingerprint density at radius 3 is 2.64 bits per heavy atom. The fourth-order valence-electron chi connectivity index (χ4n) is 1.74. The van der Waals surface area contributed by atoms with Gasteiger partial charge in [0.05, 0.1) is 5.60 Å². The summed E-state index contributed by atoms with van der Waals surface area (Å²) in [5, 5.41) is 10.4. The Kier molecular flexibility index (Phi) is 3.88. The third kappa shape index (κ3) is 3.44. The average molecular weight is 238 g/mol. The fraction of sp³-hybridized carbons (Fsp3) is 1.00. The molecule has 1 fully saturated rings. The van der Waals surface area contributed by atoms with Crippen LogP contribution in [0.1, 0.15) is 26.2 Å². The molecule has 0 aromatic heterocycles. The zero-order valence-corrected chi connectivity index (χ0v) is 10.3. The van der Waals surface area contributed by atoms with Crippen molar-refractivity contribution in [2.45, 2.75) is 37.0 Å². The van der Waals surface area contributed by atoms with Crippen LogP contribution in [0, 0.1) is 0 Å². The summed E-state index contributed by atoms with van der Waals surface area (Å²) < 4.78 is 21.8. The molecule has 0 amide bonds. The standard InChI is InChI=1S/C9H18O3S2/c1-8-9(10,5-6-13-8)4-3-7-14(2,11)12/h8,10H,3-7H2,1-2H3. The summed E-state index contributed by atoms with van der Waals surface area (Å²) >= 11 is 1.76. The van der Waals surface area contributed by atoms with E-state index in [0.717, 1.165) is 12.2 Å². The Hall–Kier alpha value is 0.260. The van der Waals surface area contributed by atoms with Crippen molar-refractivity contribution in [1.82, 2.24) is 0 Å². The molecule has 2 unspecified atom stereocenters. The van der Waals surface area contributed by atoms with Gasteiger partial charge in [-0.25, -0.2) is 8.42 Å². The molecule has 1 rings (SSSR count). The van der Waals surface area contributed by atoms with Gasteiger partial charge in [-0.1, -0.05) is 6.92 Å². The fourth-order valence-corrected chi connectivity index (χ4v) is 3.78. The zero-order chi connectivity index (χ0) is 10.8. The van der Waals surface area contributed by atoms with Crippen molar-refractivity contribution < 1.29 is 13.5 Å². The van der Waals surface area contributed by atoms with Gasteiger partial charge < -0.3 is 5.11 Å². The van der Waals surface area contributed by atoms with E-state index in [4.69, 9.17) is 0 Å². The molecule has 0 aromatic rings. The predicted octanol–water partition coefficient (Wildman–Crippen LogP) is 1.07. The van der Waals surface area contributed by atoms with Crippen molar-refractivity contribution in [3.63, 3.8) is 0 Å².